The van der Waals surface area contributed by atoms with Crippen molar-refractivity contribution in [3.05, 3.63) is 39.9 Å². The third kappa shape index (κ3) is 2.57. The topological polar surface area (TPSA) is 99.2 Å². The van der Waals surface area contributed by atoms with Gasteiger partial charge in [-0.2, -0.15) is 5.10 Å². The van der Waals surface area contributed by atoms with Gasteiger partial charge in [0.05, 0.1) is 23.8 Å². The zero-order valence-electron chi connectivity index (χ0n) is 12.2. The highest BCUT2D eigenvalue weighted by Crippen LogP contribution is 2.41. The molecule has 0 radical (unpaired) electrons. The van der Waals surface area contributed by atoms with Crippen molar-refractivity contribution in [3.8, 4) is 0 Å². The van der Waals surface area contributed by atoms with Gasteiger partial charge in [-0.15, -0.1) is 0 Å². The molecule has 0 amide bonds. The van der Waals surface area contributed by atoms with Crippen LogP contribution in [0.5, 0.6) is 0 Å². The van der Waals surface area contributed by atoms with Gasteiger partial charge in [-0.25, -0.2) is 0 Å². The van der Waals surface area contributed by atoms with Gasteiger partial charge in [-0.05, 0) is 19.3 Å². The molecule has 1 aromatic rings. The van der Waals surface area contributed by atoms with E-state index in [1.165, 1.54) is 17.1 Å². The Hall–Kier alpha value is -1.99. The van der Waals surface area contributed by atoms with Crippen molar-refractivity contribution in [3.63, 3.8) is 0 Å². The molecule has 7 heteroatoms. The van der Waals surface area contributed by atoms with Crippen LogP contribution in [0.4, 0.5) is 5.69 Å². The highest BCUT2D eigenvalue weighted by molar-refractivity contribution is 6.03. The molecule has 2 bridgehead atoms. The zero-order chi connectivity index (χ0) is 15.7. The van der Waals surface area contributed by atoms with Gasteiger partial charge in [0.1, 0.15) is 0 Å². The fourth-order valence-corrected chi connectivity index (χ4v) is 3.43. The average molecular weight is 305 g/mol. The summed E-state index contributed by atoms with van der Waals surface area (Å²) in [6, 6.07) is 6.43. The maximum absolute atomic E-state index is 11.0. The Bertz CT molecular complexity index is 619. The molecule has 7 nitrogen and oxygen atoms in total. The first kappa shape index (κ1) is 14.9. The Balaban J connectivity index is 2.01. The van der Waals surface area contributed by atoms with Crippen molar-refractivity contribution in [2.75, 3.05) is 13.2 Å². The number of hydrogen-bond acceptors (Lipinski definition) is 6. The van der Waals surface area contributed by atoms with Gasteiger partial charge in [0, 0.05) is 30.0 Å². The quantitative estimate of drug-likeness (QED) is 0.648. The van der Waals surface area contributed by atoms with Crippen LogP contribution in [0, 0.1) is 16.0 Å². The molecule has 3 rings (SSSR count). The number of nitro benzene ring substituents is 1. The molecule has 1 aliphatic heterocycles. The summed E-state index contributed by atoms with van der Waals surface area (Å²) in [7, 11) is 0. The van der Waals surface area contributed by atoms with E-state index in [2.05, 4.69) is 5.10 Å². The summed E-state index contributed by atoms with van der Waals surface area (Å²) in [6.45, 7) is 0.153. The summed E-state index contributed by atoms with van der Waals surface area (Å²) in [5.74, 6) is 0.0932. The molecule has 22 heavy (non-hydrogen) atoms. The van der Waals surface area contributed by atoms with Gasteiger partial charge in [0.15, 0.2) is 5.72 Å². The molecule has 1 aromatic carbocycles. The number of β-amino-alcohol motifs (C(OH)–C–C–N with tert-alkyl or cyclic N) is 1. The average Bonchev–Trinajstić information content (AvgIpc) is 2.50. The second-order valence-corrected chi connectivity index (χ2v) is 5.92. The molecule has 0 spiro atoms. The minimum absolute atomic E-state index is 0.0329. The van der Waals surface area contributed by atoms with Crippen LogP contribution < -0.4 is 0 Å². The molecule has 2 atom stereocenters. The molecule has 0 saturated heterocycles. The first-order valence-corrected chi connectivity index (χ1v) is 7.48. The number of nitro groups is 1. The highest BCUT2D eigenvalue weighted by atomic mass is 16.6. The van der Waals surface area contributed by atoms with Crippen LogP contribution in [0.1, 0.15) is 31.2 Å². The number of hydrogen-bond donors (Lipinski definition) is 2. The van der Waals surface area contributed by atoms with E-state index in [0.29, 0.717) is 18.4 Å². The summed E-state index contributed by atoms with van der Waals surface area (Å²) >= 11 is 0. The van der Waals surface area contributed by atoms with Gasteiger partial charge < -0.3 is 10.2 Å². The van der Waals surface area contributed by atoms with E-state index in [4.69, 9.17) is 0 Å². The number of fused-ring (bicyclic) bond motifs is 2. The van der Waals surface area contributed by atoms with Gasteiger partial charge in [0.25, 0.3) is 5.69 Å². The lowest BCUT2D eigenvalue weighted by Gasteiger charge is -2.47. The Morgan fingerprint density at radius 3 is 3.05 bits per heavy atom. The fraction of sp³-hybridized carbons (Fsp3) is 0.533. The van der Waals surface area contributed by atoms with Crippen molar-refractivity contribution in [2.24, 2.45) is 11.0 Å². The number of benzene rings is 1. The summed E-state index contributed by atoms with van der Waals surface area (Å²) in [5.41, 5.74) is 0.508. The Morgan fingerprint density at radius 1 is 1.50 bits per heavy atom. The third-order valence-corrected chi connectivity index (χ3v) is 4.46. The van der Waals surface area contributed by atoms with Crippen LogP contribution in [0.3, 0.4) is 0 Å². The van der Waals surface area contributed by atoms with Crippen LogP contribution in [-0.2, 0) is 0 Å². The lowest BCUT2D eigenvalue weighted by atomic mass is 9.77. The number of nitrogens with zero attached hydrogens (tertiary/aromatic N) is 3. The van der Waals surface area contributed by atoms with Gasteiger partial charge >= 0.3 is 0 Å². The van der Waals surface area contributed by atoms with E-state index >= 15 is 0 Å². The third-order valence-electron chi connectivity index (χ3n) is 4.46. The molecular formula is C15H19N3O4. The molecule has 1 aliphatic carbocycles. The first-order chi connectivity index (χ1) is 10.5. The van der Waals surface area contributed by atoms with Gasteiger partial charge in [-0.1, -0.05) is 12.1 Å². The Morgan fingerprint density at radius 2 is 2.32 bits per heavy atom. The van der Waals surface area contributed by atoms with E-state index < -0.39 is 10.6 Å². The molecule has 1 heterocycles. The summed E-state index contributed by atoms with van der Waals surface area (Å²) < 4.78 is 0. The maximum atomic E-state index is 11.0. The number of rotatable bonds is 4. The van der Waals surface area contributed by atoms with Crippen LogP contribution in [0.25, 0.3) is 0 Å². The zero-order valence-corrected chi connectivity index (χ0v) is 12.2. The first-order valence-electron chi connectivity index (χ1n) is 7.48. The number of hydrazone groups is 1. The van der Waals surface area contributed by atoms with Crippen molar-refractivity contribution >= 4 is 11.4 Å². The Kier molecular flexibility index (Phi) is 3.84. The predicted octanol–water partition coefficient (Wildman–Crippen LogP) is 1.49. The molecular weight excluding hydrogens is 286 g/mol. The molecule has 1 fully saturated rings. The smallest absolute Gasteiger partial charge is 0.270 e. The van der Waals surface area contributed by atoms with E-state index in [0.717, 1.165) is 18.6 Å². The minimum Gasteiger partial charge on any atom is -0.394 e. The van der Waals surface area contributed by atoms with Crippen LogP contribution in [0.15, 0.2) is 29.4 Å². The molecule has 118 valence electrons. The molecule has 0 unspecified atom stereocenters. The standard InChI is InChI=1S/C15H19N3O4/c19-8-7-17-15(20)6-2-4-12(10-15)14(16-17)11-3-1-5-13(9-11)18(21)22/h1,3,5,9,12,19-20H,2,4,6-8,10H2/t12-,15-/m0/s1. The normalized spacial score (nSPS) is 27.5. The number of non-ortho nitro benzene ring substituents is 1. The molecule has 1 saturated carbocycles. The summed E-state index contributed by atoms with van der Waals surface area (Å²) in [5, 5.41) is 36.9. The van der Waals surface area contributed by atoms with E-state index in [-0.39, 0.29) is 24.8 Å². The summed E-state index contributed by atoms with van der Waals surface area (Å²) in [4.78, 5) is 10.5. The molecule has 2 N–H and O–H groups in total. The monoisotopic (exact) mass is 305 g/mol. The van der Waals surface area contributed by atoms with Crippen LogP contribution >= 0.6 is 0 Å². The largest absolute Gasteiger partial charge is 0.394 e. The lowest BCUT2D eigenvalue weighted by molar-refractivity contribution is -0.384. The van der Waals surface area contributed by atoms with Crippen molar-refractivity contribution in [1.29, 1.82) is 0 Å². The number of aliphatic hydroxyl groups excluding tert-OH is 1. The van der Waals surface area contributed by atoms with Crippen molar-refractivity contribution in [1.82, 2.24) is 5.01 Å². The van der Waals surface area contributed by atoms with Crippen LogP contribution in [0.2, 0.25) is 0 Å². The Labute approximate surface area is 128 Å². The molecule has 0 aromatic heterocycles. The fourth-order valence-electron chi connectivity index (χ4n) is 3.43. The minimum atomic E-state index is -1.00. The maximum Gasteiger partial charge on any atom is 0.270 e. The SMILES string of the molecule is O=[N+]([O-])c1cccc(C2=NN(CCO)[C@]3(O)CCC[C@H]2C3)c1. The number of aliphatic hydroxyl groups is 2. The second-order valence-electron chi connectivity index (χ2n) is 5.92. The van der Waals surface area contributed by atoms with E-state index in [1.54, 1.807) is 6.07 Å². The second kappa shape index (κ2) is 5.66. The predicted molar refractivity (Wildman–Crippen MR) is 80.3 cm³/mol. The van der Waals surface area contributed by atoms with Crippen molar-refractivity contribution in [2.45, 2.75) is 31.4 Å². The van der Waals surface area contributed by atoms with Gasteiger partial charge in [-0.3, -0.25) is 15.1 Å². The van der Waals surface area contributed by atoms with E-state index in [1.807, 2.05) is 6.07 Å². The lowest BCUT2D eigenvalue weighted by Crippen LogP contribution is -2.55. The molecule has 2 aliphatic rings. The summed E-state index contributed by atoms with van der Waals surface area (Å²) in [6.07, 6.45) is 2.97. The van der Waals surface area contributed by atoms with E-state index in [9.17, 15) is 20.3 Å². The van der Waals surface area contributed by atoms with Gasteiger partial charge in [0.2, 0.25) is 0 Å². The van der Waals surface area contributed by atoms with Crippen LogP contribution in [-0.4, -0.2) is 44.7 Å². The highest BCUT2D eigenvalue weighted by Gasteiger charge is 2.44. The van der Waals surface area contributed by atoms with Crippen molar-refractivity contribution < 1.29 is 15.1 Å².